The van der Waals surface area contributed by atoms with Crippen molar-refractivity contribution in [2.24, 2.45) is 0 Å². The van der Waals surface area contributed by atoms with Gasteiger partial charge in [0.25, 0.3) is 11.6 Å². The number of sulfone groups is 1. The Hall–Kier alpha value is -4.96. The normalized spacial score (nSPS) is 11.3. The summed E-state index contributed by atoms with van der Waals surface area (Å²) in [4.78, 5) is 32.4. The molecule has 0 aliphatic carbocycles. The second kappa shape index (κ2) is 9.83. The maximum Gasteiger partial charge on any atom is 0.269 e. The zero-order valence-corrected chi connectivity index (χ0v) is 20.8. The number of nitrogens with one attached hydrogen (secondary N) is 1. The van der Waals surface area contributed by atoms with Crippen molar-refractivity contribution in [1.82, 2.24) is 9.97 Å². The van der Waals surface area contributed by atoms with Crippen LogP contribution in [0.2, 0.25) is 0 Å². The average Bonchev–Trinajstić information content (AvgIpc) is 2.94. The second-order valence-corrected chi connectivity index (χ2v) is 10.4. The van der Waals surface area contributed by atoms with Gasteiger partial charge < -0.3 is 5.32 Å². The molecule has 4 aromatic carbocycles. The smallest absolute Gasteiger partial charge is 0.269 e. The highest BCUT2D eigenvalue weighted by atomic mass is 32.2. The number of rotatable bonds is 6. The predicted molar refractivity (Wildman–Crippen MR) is 143 cm³/mol. The number of anilines is 1. The maximum absolute atomic E-state index is 13.3. The molecule has 1 N–H and O–H groups in total. The molecule has 0 bridgehead atoms. The Morgan fingerprint density at radius 2 is 1.58 bits per heavy atom. The van der Waals surface area contributed by atoms with E-state index in [4.69, 9.17) is 0 Å². The van der Waals surface area contributed by atoms with E-state index in [9.17, 15) is 23.3 Å². The fourth-order valence-electron chi connectivity index (χ4n) is 3.96. The van der Waals surface area contributed by atoms with Crippen LogP contribution < -0.4 is 5.32 Å². The molecule has 1 amide bonds. The summed E-state index contributed by atoms with van der Waals surface area (Å²) in [5.41, 5.74) is 3.83. The van der Waals surface area contributed by atoms with Gasteiger partial charge in [-0.2, -0.15) is 0 Å². The fraction of sp³-hybridized carbons (Fsp3) is 0.0357. The number of hydrogen-bond donors (Lipinski definition) is 1. The van der Waals surface area contributed by atoms with Crippen LogP contribution in [0.25, 0.3) is 22.3 Å². The highest BCUT2D eigenvalue weighted by molar-refractivity contribution is 7.91. The highest BCUT2D eigenvalue weighted by Gasteiger charge is 2.25. The third kappa shape index (κ3) is 4.72. The molecule has 0 unspecified atom stereocenters. The number of amides is 1. The second-order valence-electron chi connectivity index (χ2n) is 8.48. The van der Waals surface area contributed by atoms with E-state index in [1.165, 1.54) is 18.2 Å². The van der Waals surface area contributed by atoms with Gasteiger partial charge in [-0.3, -0.25) is 19.9 Å². The molecular formula is C28H20N4O5S. The molecule has 0 saturated carbocycles. The van der Waals surface area contributed by atoms with Gasteiger partial charge in [0.1, 0.15) is 0 Å². The number of carbonyl (C=O) groups is 1. The topological polar surface area (TPSA) is 132 Å². The molecule has 1 heterocycles. The van der Waals surface area contributed by atoms with Crippen LogP contribution in [-0.2, 0) is 9.84 Å². The van der Waals surface area contributed by atoms with Crippen molar-refractivity contribution in [3.05, 3.63) is 118 Å². The largest absolute Gasteiger partial charge is 0.322 e. The number of benzene rings is 4. The van der Waals surface area contributed by atoms with E-state index in [1.807, 2.05) is 43.3 Å². The molecular weight excluding hydrogens is 504 g/mol. The molecule has 10 heteroatoms. The summed E-state index contributed by atoms with van der Waals surface area (Å²) >= 11 is 0. The van der Waals surface area contributed by atoms with Crippen LogP contribution in [-0.4, -0.2) is 29.2 Å². The number of aryl methyl sites for hydroxylation is 1. The van der Waals surface area contributed by atoms with Gasteiger partial charge in [0.15, 0.2) is 0 Å². The molecule has 188 valence electrons. The predicted octanol–water partition coefficient (Wildman–Crippen LogP) is 5.60. The van der Waals surface area contributed by atoms with Crippen molar-refractivity contribution < 1.29 is 18.1 Å². The Morgan fingerprint density at radius 3 is 2.32 bits per heavy atom. The van der Waals surface area contributed by atoms with Crippen LogP contribution >= 0.6 is 0 Å². The summed E-state index contributed by atoms with van der Waals surface area (Å²) in [6, 6.07) is 23.3. The highest BCUT2D eigenvalue weighted by Crippen LogP contribution is 2.29. The molecule has 38 heavy (non-hydrogen) atoms. The number of fused-ring (bicyclic) bond motifs is 1. The summed E-state index contributed by atoms with van der Waals surface area (Å²) in [6.07, 6.45) is 1.66. The Labute approximate surface area is 217 Å². The SMILES string of the molecule is Cc1ccc(-c2cnc3ccccc3n2)cc1NC(=O)c1ccccc1S(=O)(=O)c1ccc([N+](=O)[O-])cc1. The Bertz CT molecular complexity index is 1820. The monoisotopic (exact) mass is 524 g/mol. The zero-order valence-electron chi connectivity index (χ0n) is 20.0. The van der Waals surface area contributed by atoms with E-state index < -0.39 is 20.7 Å². The zero-order chi connectivity index (χ0) is 26.9. The van der Waals surface area contributed by atoms with Crippen LogP contribution in [0.15, 0.2) is 107 Å². The third-order valence-electron chi connectivity index (χ3n) is 6.01. The molecule has 0 fully saturated rings. The third-order valence-corrected chi connectivity index (χ3v) is 7.84. The van der Waals surface area contributed by atoms with E-state index in [0.717, 1.165) is 46.4 Å². The fourth-order valence-corrected chi connectivity index (χ4v) is 5.42. The van der Waals surface area contributed by atoms with Crippen molar-refractivity contribution in [2.75, 3.05) is 5.32 Å². The minimum Gasteiger partial charge on any atom is -0.322 e. The standard InChI is InChI=1S/C28H20N4O5S/c1-18-10-11-19(26-17-29-23-7-3-4-8-24(23)30-26)16-25(18)31-28(33)22-6-2-5-9-27(22)38(36,37)21-14-12-20(13-15-21)32(34)35/h2-17H,1H3,(H,31,33). The van der Waals surface area contributed by atoms with E-state index in [1.54, 1.807) is 18.3 Å². The molecule has 0 aliphatic rings. The van der Waals surface area contributed by atoms with E-state index in [0.29, 0.717) is 11.4 Å². The number of nitrogens with zero attached hydrogens (tertiary/aromatic N) is 3. The molecule has 0 spiro atoms. The van der Waals surface area contributed by atoms with Gasteiger partial charge in [-0.1, -0.05) is 36.4 Å². The van der Waals surface area contributed by atoms with Crippen molar-refractivity contribution in [1.29, 1.82) is 0 Å². The van der Waals surface area contributed by atoms with E-state index >= 15 is 0 Å². The first kappa shape index (κ1) is 24.7. The van der Waals surface area contributed by atoms with E-state index in [2.05, 4.69) is 15.3 Å². The lowest BCUT2D eigenvalue weighted by molar-refractivity contribution is -0.384. The van der Waals surface area contributed by atoms with Gasteiger partial charge in [0.2, 0.25) is 9.84 Å². The molecule has 0 aliphatic heterocycles. The van der Waals surface area contributed by atoms with Crippen molar-refractivity contribution in [3.8, 4) is 11.3 Å². The number of nitro groups is 1. The Morgan fingerprint density at radius 1 is 0.895 bits per heavy atom. The first-order valence-electron chi connectivity index (χ1n) is 11.5. The van der Waals surface area contributed by atoms with Crippen LogP contribution in [0, 0.1) is 17.0 Å². The minimum absolute atomic E-state index is 0.0545. The van der Waals surface area contributed by atoms with Crippen LogP contribution in [0.3, 0.4) is 0 Å². The van der Waals surface area contributed by atoms with E-state index in [-0.39, 0.29) is 21.0 Å². The first-order chi connectivity index (χ1) is 18.2. The van der Waals surface area contributed by atoms with Crippen molar-refractivity contribution in [3.63, 3.8) is 0 Å². The molecule has 5 rings (SSSR count). The van der Waals surface area contributed by atoms with Gasteiger partial charge in [0.05, 0.1) is 43.2 Å². The summed E-state index contributed by atoms with van der Waals surface area (Å²) in [5, 5.41) is 13.8. The minimum atomic E-state index is -4.13. The Kier molecular flexibility index (Phi) is 6.39. The van der Waals surface area contributed by atoms with Gasteiger partial charge in [-0.15, -0.1) is 0 Å². The molecule has 5 aromatic rings. The quantitative estimate of drug-likeness (QED) is 0.226. The van der Waals surface area contributed by atoms with Crippen molar-refractivity contribution in [2.45, 2.75) is 16.7 Å². The first-order valence-corrected chi connectivity index (χ1v) is 12.9. The van der Waals surface area contributed by atoms with Crippen LogP contribution in [0.5, 0.6) is 0 Å². The van der Waals surface area contributed by atoms with Crippen molar-refractivity contribution >= 4 is 38.2 Å². The molecule has 1 aromatic heterocycles. The molecule has 9 nitrogen and oxygen atoms in total. The van der Waals surface area contributed by atoms with Gasteiger partial charge >= 0.3 is 0 Å². The lowest BCUT2D eigenvalue weighted by atomic mass is 10.1. The Balaban J connectivity index is 1.47. The number of nitro benzene ring substituents is 1. The van der Waals surface area contributed by atoms with Gasteiger partial charge in [-0.05, 0) is 55.0 Å². The number of non-ortho nitro benzene ring substituents is 1. The van der Waals surface area contributed by atoms with Gasteiger partial charge in [0, 0.05) is 23.4 Å². The number of aromatic nitrogens is 2. The number of carbonyl (C=O) groups excluding carboxylic acids is 1. The number of para-hydroxylation sites is 2. The van der Waals surface area contributed by atoms with Crippen LogP contribution in [0.1, 0.15) is 15.9 Å². The summed E-state index contributed by atoms with van der Waals surface area (Å²) < 4.78 is 26.7. The lowest BCUT2D eigenvalue weighted by Crippen LogP contribution is -2.17. The average molecular weight is 525 g/mol. The lowest BCUT2D eigenvalue weighted by Gasteiger charge is -2.13. The van der Waals surface area contributed by atoms with Gasteiger partial charge in [-0.25, -0.2) is 13.4 Å². The molecule has 0 saturated heterocycles. The number of hydrogen-bond acceptors (Lipinski definition) is 7. The maximum atomic E-state index is 13.3. The summed E-state index contributed by atoms with van der Waals surface area (Å²) in [7, 11) is -4.13. The van der Waals surface area contributed by atoms with Crippen LogP contribution in [0.4, 0.5) is 11.4 Å². The summed E-state index contributed by atoms with van der Waals surface area (Å²) in [5.74, 6) is -0.615. The molecule has 0 radical (unpaired) electrons. The molecule has 0 atom stereocenters. The summed E-state index contributed by atoms with van der Waals surface area (Å²) in [6.45, 7) is 1.82.